The van der Waals surface area contributed by atoms with Crippen LogP contribution in [0.4, 0.5) is 17.6 Å². The smallest absolute Gasteiger partial charge is 0.411 e. The third kappa shape index (κ3) is 5.43. The van der Waals surface area contributed by atoms with Gasteiger partial charge in [-0.25, -0.2) is 4.39 Å². The lowest BCUT2D eigenvalue weighted by molar-refractivity contribution is -0.173. The van der Waals surface area contributed by atoms with Crippen molar-refractivity contribution in [2.75, 3.05) is 26.9 Å². The molecule has 0 aliphatic rings. The van der Waals surface area contributed by atoms with Crippen LogP contribution in [0.5, 0.6) is 5.75 Å². The largest absolute Gasteiger partial charge is 0.494 e. The molecule has 8 heteroatoms. The van der Waals surface area contributed by atoms with Gasteiger partial charge in [-0.05, 0) is 18.2 Å². The van der Waals surface area contributed by atoms with Gasteiger partial charge in [0.25, 0.3) is 5.91 Å². The number of methoxy groups -OCH3 is 1. The van der Waals surface area contributed by atoms with Crippen molar-refractivity contribution in [3.05, 3.63) is 29.6 Å². The number of halogens is 4. The van der Waals surface area contributed by atoms with E-state index in [4.69, 9.17) is 4.74 Å². The van der Waals surface area contributed by atoms with E-state index < -0.39 is 24.5 Å². The van der Waals surface area contributed by atoms with Gasteiger partial charge < -0.3 is 14.8 Å². The number of hydrogen-bond acceptors (Lipinski definition) is 3. The van der Waals surface area contributed by atoms with Crippen molar-refractivity contribution in [1.82, 2.24) is 5.32 Å². The first-order valence-corrected chi connectivity index (χ1v) is 5.59. The molecule has 0 fully saturated rings. The molecule has 1 aromatic carbocycles. The lowest BCUT2D eigenvalue weighted by atomic mass is 10.2. The molecule has 0 aliphatic carbocycles. The Kier molecular flexibility index (Phi) is 5.75. The second-order valence-corrected chi connectivity index (χ2v) is 3.77. The Hall–Kier alpha value is -1.83. The molecule has 4 nitrogen and oxygen atoms in total. The van der Waals surface area contributed by atoms with Crippen LogP contribution in [0.2, 0.25) is 0 Å². The number of alkyl halides is 3. The van der Waals surface area contributed by atoms with Crippen molar-refractivity contribution in [3.8, 4) is 5.75 Å². The Morgan fingerprint density at radius 2 is 2.05 bits per heavy atom. The van der Waals surface area contributed by atoms with E-state index >= 15 is 0 Å². The first kappa shape index (κ1) is 16.2. The molecule has 1 N–H and O–H groups in total. The molecule has 1 aromatic rings. The molecule has 0 aromatic heterocycles. The van der Waals surface area contributed by atoms with Gasteiger partial charge in [0.2, 0.25) is 0 Å². The SMILES string of the molecule is COc1ccc(C(=O)NCCOCC(F)(F)F)cc1F. The summed E-state index contributed by atoms with van der Waals surface area (Å²) in [7, 11) is 1.29. The summed E-state index contributed by atoms with van der Waals surface area (Å²) >= 11 is 0. The molecule has 0 saturated carbocycles. The molecule has 20 heavy (non-hydrogen) atoms. The predicted molar refractivity (Wildman–Crippen MR) is 62.2 cm³/mol. The fraction of sp³-hybridized carbons (Fsp3) is 0.417. The second-order valence-electron chi connectivity index (χ2n) is 3.77. The molecule has 0 radical (unpaired) electrons. The molecule has 1 rings (SSSR count). The maximum absolute atomic E-state index is 13.3. The highest BCUT2D eigenvalue weighted by atomic mass is 19.4. The highest BCUT2D eigenvalue weighted by Crippen LogP contribution is 2.17. The Morgan fingerprint density at radius 1 is 1.35 bits per heavy atom. The highest BCUT2D eigenvalue weighted by Gasteiger charge is 2.27. The second kappa shape index (κ2) is 7.09. The average Bonchev–Trinajstić information content (AvgIpc) is 2.36. The molecule has 0 bridgehead atoms. The Bertz CT molecular complexity index is 463. The fourth-order valence-electron chi connectivity index (χ4n) is 1.33. The number of ether oxygens (including phenoxy) is 2. The van der Waals surface area contributed by atoms with Crippen LogP contribution in [-0.2, 0) is 4.74 Å². The van der Waals surface area contributed by atoms with Gasteiger partial charge in [0.15, 0.2) is 11.6 Å². The maximum Gasteiger partial charge on any atom is 0.411 e. The van der Waals surface area contributed by atoms with Crippen molar-refractivity contribution in [2.45, 2.75) is 6.18 Å². The number of benzene rings is 1. The minimum absolute atomic E-state index is 0.00457. The topological polar surface area (TPSA) is 47.6 Å². The molecule has 0 heterocycles. The summed E-state index contributed by atoms with van der Waals surface area (Å²) in [4.78, 5) is 11.6. The van der Waals surface area contributed by atoms with E-state index in [9.17, 15) is 22.4 Å². The van der Waals surface area contributed by atoms with Crippen LogP contribution < -0.4 is 10.1 Å². The van der Waals surface area contributed by atoms with Gasteiger partial charge in [0, 0.05) is 12.1 Å². The standard InChI is InChI=1S/C12H13F4NO3/c1-19-10-3-2-8(6-9(10)13)11(18)17-4-5-20-7-12(14,15)16/h2-3,6H,4-5,7H2,1H3,(H,17,18). The summed E-state index contributed by atoms with van der Waals surface area (Å²) in [5.74, 6) is -1.31. The molecular formula is C12H13F4NO3. The third-order valence-electron chi connectivity index (χ3n) is 2.21. The van der Waals surface area contributed by atoms with Crippen LogP contribution in [-0.4, -0.2) is 39.0 Å². The van der Waals surface area contributed by atoms with E-state index in [2.05, 4.69) is 10.1 Å². The van der Waals surface area contributed by atoms with Gasteiger partial charge in [0.05, 0.1) is 13.7 Å². The zero-order valence-electron chi connectivity index (χ0n) is 10.6. The zero-order chi connectivity index (χ0) is 15.2. The maximum atomic E-state index is 13.3. The highest BCUT2D eigenvalue weighted by molar-refractivity contribution is 5.94. The number of carbonyl (C=O) groups excluding carboxylic acids is 1. The molecule has 112 valence electrons. The summed E-state index contributed by atoms with van der Waals surface area (Å²) in [5.41, 5.74) is 0.0409. The number of hydrogen-bond donors (Lipinski definition) is 1. The van der Waals surface area contributed by atoms with Crippen LogP contribution in [0.3, 0.4) is 0 Å². The average molecular weight is 295 g/mol. The molecule has 0 spiro atoms. The molecule has 1 amide bonds. The first-order chi connectivity index (χ1) is 9.33. The lowest BCUT2D eigenvalue weighted by Crippen LogP contribution is -2.28. The molecule has 0 unspecified atom stereocenters. The lowest BCUT2D eigenvalue weighted by Gasteiger charge is -2.09. The van der Waals surface area contributed by atoms with Gasteiger partial charge in [0.1, 0.15) is 6.61 Å². The number of carbonyl (C=O) groups is 1. The van der Waals surface area contributed by atoms with Crippen LogP contribution in [0, 0.1) is 5.82 Å². The van der Waals surface area contributed by atoms with Crippen molar-refractivity contribution >= 4 is 5.91 Å². The molecule has 0 atom stereocenters. The summed E-state index contributed by atoms with van der Waals surface area (Å²) in [6.07, 6.45) is -4.40. The van der Waals surface area contributed by atoms with E-state index in [1.54, 1.807) is 0 Å². The van der Waals surface area contributed by atoms with E-state index in [1.807, 2.05) is 0 Å². The summed E-state index contributed by atoms with van der Waals surface area (Å²) in [6, 6.07) is 3.60. The summed E-state index contributed by atoms with van der Waals surface area (Å²) in [5, 5.41) is 2.31. The van der Waals surface area contributed by atoms with Gasteiger partial charge in [-0.1, -0.05) is 0 Å². The fourth-order valence-corrected chi connectivity index (χ4v) is 1.33. The van der Waals surface area contributed by atoms with Crippen LogP contribution in [0.1, 0.15) is 10.4 Å². The van der Waals surface area contributed by atoms with E-state index in [0.717, 1.165) is 6.07 Å². The van der Waals surface area contributed by atoms with Gasteiger partial charge in [-0.15, -0.1) is 0 Å². The molecule has 0 saturated heterocycles. The zero-order valence-corrected chi connectivity index (χ0v) is 10.6. The Morgan fingerprint density at radius 3 is 2.60 bits per heavy atom. The van der Waals surface area contributed by atoms with E-state index in [0.29, 0.717) is 0 Å². The Labute approximate surface area is 112 Å². The summed E-state index contributed by atoms with van der Waals surface area (Å²) in [6.45, 7) is -1.77. The predicted octanol–water partition coefficient (Wildman–Crippen LogP) is 2.14. The number of rotatable bonds is 6. The van der Waals surface area contributed by atoms with Crippen molar-refractivity contribution in [1.29, 1.82) is 0 Å². The van der Waals surface area contributed by atoms with Gasteiger partial charge >= 0.3 is 6.18 Å². The van der Waals surface area contributed by atoms with Crippen LogP contribution in [0.15, 0.2) is 18.2 Å². The quantitative estimate of drug-likeness (QED) is 0.646. The number of amides is 1. The summed E-state index contributed by atoms with van der Waals surface area (Å²) < 4.78 is 57.6. The minimum Gasteiger partial charge on any atom is -0.494 e. The van der Waals surface area contributed by atoms with Crippen molar-refractivity contribution < 1.29 is 31.8 Å². The van der Waals surface area contributed by atoms with Gasteiger partial charge in [-0.3, -0.25) is 4.79 Å². The monoisotopic (exact) mass is 295 g/mol. The number of nitrogens with one attached hydrogen (secondary N) is 1. The molecule has 0 aliphatic heterocycles. The van der Waals surface area contributed by atoms with Crippen molar-refractivity contribution in [2.24, 2.45) is 0 Å². The van der Waals surface area contributed by atoms with Crippen molar-refractivity contribution in [3.63, 3.8) is 0 Å². The van der Waals surface area contributed by atoms with E-state index in [-0.39, 0.29) is 24.5 Å². The van der Waals surface area contributed by atoms with Crippen LogP contribution >= 0.6 is 0 Å². The first-order valence-electron chi connectivity index (χ1n) is 5.59. The normalized spacial score (nSPS) is 11.2. The Balaban J connectivity index is 2.38. The third-order valence-corrected chi connectivity index (χ3v) is 2.21. The van der Waals surface area contributed by atoms with Gasteiger partial charge in [-0.2, -0.15) is 13.2 Å². The molecular weight excluding hydrogens is 282 g/mol. The van der Waals surface area contributed by atoms with Crippen LogP contribution in [0.25, 0.3) is 0 Å². The minimum atomic E-state index is -4.40. The van der Waals surface area contributed by atoms with E-state index in [1.165, 1.54) is 19.2 Å².